The number of hydrogen-bond acceptors (Lipinski definition) is 7. The van der Waals surface area contributed by atoms with Gasteiger partial charge in [0.15, 0.2) is 6.10 Å². The summed E-state index contributed by atoms with van der Waals surface area (Å²) in [4.78, 5) is 37.0. The maximum atomic E-state index is 12.8. The lowest BCUT2D eigenvalue weighted by molar-refractivity contribution is -0.124. The first-order valence-corrected chi connectivity index (χ1v) is 13.3. The van der Waals surface area contributed by atoms with E-state index >= 15 is 0 Å². The van der Waals surface area contributed by atoms with E-state index in [4.69, 9.17) is 4.74 Å². The number of sulfonamides is 1. The summed E-state index contributed by atoms with van der Waals surface area (Å²) in [6.45, 7) is 5.57. The number of aryl methyl sites for hydroxylation is 2. The van der Waals surface area contributed by atoms with Crippen molar-refractivity contribution >= 4 is 33.4 Å². The van der Waals surface area contributed by atoms with Crippen molar-refractivity contribution in [3.8, 4) is 11.4 Å². The van der Waals surface area contributed by atoms with Crippen molar-refractivity contribution in [2.45, 2.75) is 38.2 Å². The molecule has 10 nitrogen and oxygen atoms in total. The van der Waals surface area contributed by atoms with E-state index in [-0.39, 0.29) is 17.1 Å². The number of nitrogens with one attached hydrogen (secondary N) is 3. The van der Waals surface area contributed by atoms with Gasteiger partial charge in [0.25, 0.3) is 15.9 Å². The van der Waals surface area contributed by atoms with Crippen molar-refractivity contribution in [3.63, 3.8) is 0 Å². The summed E-state index contributed by atoms with van der Waals surface area (Å²) in [5.41, 5.74) is 3.35. The molecule has 0 bridgehead atoms. The largest absolute Gasteiger partial charge is 0.449 e. The molecule has 1 atom stereocenters. The van der Waals surface area contributed by atoms with E-state index in [0.717, 1.165) is 17.0 Å². The van der Waals surface area contributed by atoms with Crippen LogP contribution in [-0.4, -0.2) is 41.4 Å². The minimum absolute atomic E-state index is 0.00272. The summed E-state index contributed by atoms with van der Waals surface area (Å²) in [5.74, 6) is -0.260. The van der Waals surface area contributed by atoms with Gasteiger partial charge in [-0.2, -0.15) is 0 Å². The molecule has 3 N–H and O–H groups in total. The monoisotopic (exact) mass is 533 g/mol. The van der Waals surface area contributed by atoms with Gasteiger partial charge in [-0.3, -0.25) is 9.52 Å². The number of carbonyl (C=O) groups excluding carboxylic acids is 2. The lowest BCUT2D eigenvalue weighted by Gasteiger charge is -2.16. The van der Waals surface area contributed by atoms with E-state index in [1.165, 1.54) is 36.5 Å². The fraction of sp³-hybridized carbons (Fsp3) is 0.185. The number of carbonyl (C=O) groups is 2. The third kappa shape index (κ3) is 6.24. The summed E-state index contributed by atoms with van der Waals surface area (Å²) in [6, 6.07) is 17.3. The van der Waals surface area contributed by atoms with Crippen LogP contribution in [0.5, 0.6) is 0 Å². The lowest BCUT2D eigenvalue weighted by Crippen LogP contribution is -2.32. The van der Waals surface area contributed by atoms with E-state index in [1.54, 1.807) is 43.3 Å². The van der Waals surface area contributed by atoms with Crippen LogP contribution < -0.4 is 10.0 Å². The number of imidazole rings is 1. The number of aromatic nitrogens is 3. The molecule has 0 radical (unpaired) electrons. The fourth-order valence-corrected chi connectivity index (χ4v) is 4.54. The number of rotatable bonds is 9. The number of nitrogens with zero attached hydrogens (tertiary/aromatic N) is 2. The molecule has 0 saturated carbocycles. The molecule has 1 amide bonds. The number of ether oxygens (including phenoxy) is 1. The Morgan fingerprint density at radius 1 is 1.00 bits per heavy atom. The molecule has 2 aromatic carbocycles. The summed E-state index contributed by atoms with van der Waals surface area (Å²) in [5, 5.41) is 2.66. The molecule has 0 aliphatic carbocycles. The SMILES string of the molecule is CCC(OC(=O)c1ccc(-c2nc(C)c(C)[nH]2)cc1)C(=O)Nc1ccc(S(=O)(=O)Nc2ccccn2)cc1. The third-order valence-electron chi connectivity index (χ3n) is 5.77. The lowest BCUT2D eigenvalue weighted by atomic mass is 10.1. The van der Waals surface area contributed by atoms with Crippen LogP contribution in [0.3, 0.4) is 0 Å². The number of benzene rings is 2. The molecule has 2 aromatic heterocycles. The van der Waals surface area contributed by atoms with Gasteiger partial charge >= 0.3 is 5.97 Å². The van der Waals surface area contributed by atoms with Gasteiger partial charge in [-0.25, -0.2) is 23.2 Å². The van der Waals surface area contributed by atoms with E-state index in [1.807, 2.05) is 13.8 Å². The van der Waals surface area contributed by atoms with Crippen molar-refractivity contribution < 1.29 is 22.7 Å². The molecule has 1 unspecified atom stereocenters. The minimum atomic E-state index is -3.85. The topological polar surface area (TPSA) is 143 Å². The highest BCUT2D eigenvalue weighted by molar-refractivity contribution is 7.92. The molecule has 0 aliphatic rings. The van der Waals surface area contributed by atoms with Gasteiger partial charge in [0.2, 0.25) is 0 Å². The average Bonchev–Trinajstić information content (AvgIpc) is 3.25. The Morgan fingerprint density at radius 3 is 2.29 bits per heavy atom. The van der Waals surface area contributed by atoms with Gasteiger partial charge in [-0.15, -0.1) is 0 Å². The molecule has 196 valence electrons. The van der Waals surface area contributed by atoms with E-state index in [0.29, 0.717) is 17.1 Å². The maximum absolute atomic E-state index is 12.8. The van der Waals surface area contributed by atoms with E-state index in [2.05, 4.69) is 25.0 Å². The highest BCUT2D eigenvalue weighted by atomic mass is 32.2. The van der Waals surface area contributed by atoms with Crippen molar-refractivity contribution in [2.24, 2.45) is 0 Å². The van der Waals surface area contributed by atoms with Gasteiger partial charge in [0, 0.05) is 23.1 Å². The third-order valence-corrected chi connectivity index (χ3v) is 7.14. The normalized spacial score (nSPS) is 12.0. The number of anilines is 2. The number of esters is 1. The predicted octanol–water partition coefficient (Wildman–Crippen LogP) is 4.46. The first kappa shape index (κ1) is 26.6. The number of hydrogen-bond donors (Lipinski definition) is 3. The van der Waals surface area contributed by atoms with Crippen molar-refractivity contribution in [3.05, 3.63) is 89.9 Å². The molecule has 2 heterocycles. The van der Waals surface area contributed by atoms with Crippen LogP contribution in [0, 0.1) is 13.8 Å². The van der Waals surface area contributed by atoms with Crippen molar-refractivity contribution in [1.29, 1.82) is 0 Å². The number of pyridine rings is 1. The molecule has 4 rings (SSSR count). The van der Waals surface area contributed by atoms with Gasteiger partial charge in [-0.1, -0.05) is 25.1 Å². The number of amides is 1. The van der Waals surface area contributed by atoms with E-state index < -0.39 is 28.0 Å². The number of aromatic amines is 1. The van der Waals surface area contributed by atoms with Crippen LogP contribution >= 0.6 is 0 Å². The van der Waals surface area contributed by atoms with Crippen LogP contribution in [0.2, 0.25) is 0 Å². The highest BCUT2D eigenvalue weighted by Crippen LogP contribution is 2.20. The first-order valence-electron chi connectivity index (χ1n) is 11.9. The average molecular weight is 534 g/mol. The molecule has 0 spiro atoms. The maximum Gasteiger partial charge on any atom is 0.338 e. The first-order chi connectivity index (χ1) is 18.2. The van der Waals surface area contributed by atoms with Crippen LogP contribution in [0.1, 0.15) is 35.1 Å². The van der Waals surface area contributed by atoms with Crippen LogP contribution in [0.25, 0.3) is 11.4 Å². The highest BCUT2D eigenvalue weighted by Gasteiger charge is 2.23. The van der Waals surface area contributed by atoms with Gasteiger partial charge in [-0.05, 0) is 68.8 Å². The quantitative estimate of drug-likeness (QED) is 0.270. The molecular weight excluding hydrogens is 506 g/mol. The second kappa shape index (κ2) is 11.3. The summed E-state index contributed by atoms with van der Waals surface area (Å²) in [6.07, 6.45) is 0.693. The fourth-order valence-electron chi connectivity index (χ4n) is 3.53. The molecule has 0 saturated heterocycles. The molecular formula is C27H27N5O5S. The second-order valence-electron chi connectivity index (χ2n) is 8.51. The zero-order valence-electron chi connectivity index (χ0n) is 21.1. The molecule has 4 aromatic rings. The Bertz CT molecular complexity index is 1510. The zero-order valence-corrected chi connectivity index (χ0v) is 21.9. The Morgan fingerprint density at radius 2 is 1.71 bits per heavy atom. The zero-order chi connectivity index (χ0) is 27.3. The Hall–Kier alpha value is -4.51. The minimum Gasteiger partial charge on any atom is -0.449 e. The summed E-state index contributed by atoms with van der Waals surface area (Å²) < 4.78 is 33.0. The van der Waals surface area contributed by atoms with Gasteiger partial charge in [0.05, 0.1) is 16.2 Å². The Labute approximate surface area is 220 Å². The molecule has 0 aliphatic heterocycles. The van der Waals surface area contributed by atoms with Crippen molar-refractivity contribution in [2.75, 3.05) is 10.0 Å². The van der Waals surface area contributed by atoms with Crippen LogP contribution in [0.4, 0.5) is 11.5 Å². The smallest absolute Gasteiger partial charge is 0.338 e. The standard InChI is InChI=1S/C27H27N5O5S/c1-4-23(37-27(34)20-10-8-19(9-11-20)25-29-17(2)18(3)30-25)26(33)31-21-12-14-22(15-13-21)38(35,36)32-24-7-5-6-16-28-24/h5-16,23H,4H2,1-3H3,(H,28,32)(H,29,30)(H,31,33). The summed E-state index contributed by atoms with van der Waals surface area (Å²) in [7, 11) is -3.85. The molecule has 0 fully saturated rings. The van der Waals surface area contributed by atoms with Crippen LogP contribution in [0.15, 0.2) is 77.8 Å². The van der Waals surface area contributed by atoms with Crippen molar-refractivity contribution in [1.82, 2.24) is 15.0 Å². The van der Waals surface area contributed by atoms with Gasteiger partial charge < -0.3 is 15.0 Å². The molecule has 38 heavy (non-hydrogen) atoms. The van der Waals surface area contributed by atoms with E-state index in [9.17, 15) is 18.0 Å². The van der Waals surface area contributed by atoms with Gasteiger partial charge in [0.1, 0.15) is 11.6 Å². The Balaban J connectivity index is 1.37. The Kier molecular flexibility index (Phi) is 7.87. The van der Waals surface area contributed by atoms with Crippen LogP contribution in [-0.2, 0) is 19.6 Å². The summed E-state index contributed by atoms with van der Waals surface area (Å²) >= 11 is 0. The number of H-pyrrole nitrogens is 1. The molecule has 11 heteroatoms. The second-order valence-corrected chi connectivity index (χ2v) is 10.2. The predicted molar refractivity (Wildman–Crippen MR) is 143 cm³/mol.